The molecular formula is C24H34N4O2. The molecule has 1 atom stereocenters. The van der Waals surface area contributed by atoms with E-state index in [0.29, 0.717) is 18.0 Å². The fourth-order valence-corrected chi connectivity index (χ4v) is 4.05. The molecule has 2 aromatic rings. The van der Waals surface area contributed by atoms with Gasteiger partial charge in [-0.2, -0.15) is 0 Å². The lowest BCUT2D eigenvalue weighted by Crippen LogP contribution is -2.40. The van der Waals surface area contributed by atoms with Gasteiger partial charge in [0, 0.05) is 31.7 Å². The first-order valence-corrected chi connectivity index (χ1v) is 10.7. The first-order chi connectivity index (χ1) is 14.2. The topological polar surface area (TPSA) is 67.3 Å². The molecule has 1 fully saturated rings. The Bertz CT molecular complexity index is 876. The van der Waals surface area contributed by atoms with Gasteiger partial charge in [-0.1, -0.05) is 32.9 Å². The van der Waals surface area contributed by atoms with Crippen molar-refractivity contribution in [3.63, 3.8) is 0 Å². The Morgan fingerprint density at radius 1 is 1.33 bits per heavy atom. The molecule has 1 saturated heterocycles. The average Bonchev–Trinajstić information content (AvgIpc) is 2.71. The number of amides is 1. The standard InChI is InChI=1S/C24H34N4O2/c1-17-21(23(29)26-13-18-8-6-10-20(12-18)30-5)14-25-22(27-17)19-9-7-11-28(15-19)16-24(2,3)4/h6,8,10,12,14,19H,7,9,11,13,15-16H2,1-5H3,(H,26,29)/t19-/m0/s1. The van der Waals surface area contributed by atoms with Crippen LogP contribution in [0, 0.1) is 12.3 Å². The van der Waals surface area contributed by atoms with Crippen molar-refractivity contribution < 1.29 is 9.53 Å². The zero-order valence-corrected chi connectivity index (χ0v) is 18.9. The number of hydrogen-bond acceptors (Lipinski definition) is 5. The van der Waals surface area contributed by atoms with Gasteiger partial charge in [0.2, 0.25) is 0 Å². The van der Waals surface area contributed by atoms with Gasteiger partial charge in [-0.3, -0.25) is 4.79 Å². The highest BCUT2D eigenvalue weighted by Crippen LogP contribution is 2.27. The second-order valence-corrected chi connectivity index (χ2v) is 9.40. The number of aryl methyl sites for hydroxylation is 1. The highest BCUT2D eigenvalue weighted by Gasteiger charge is 2.26. The Labute approximate surface area is 180 Å². The minimum Gasteiger partial charge on any atom is -0.497 e. The molecule has 1 aliphatic rings. The van der Waals surface area contributed by atoms with Gasteiger partial charge in [0.05, 0.1) is 18.4 Å². The van der Waals surface area contributed by atoms with Crippen LogP contribution in [0.15, 0.2) is 30.5 Å². The summed E-state index contributed by atoms with van der Waals surface area (Å²) in [6.07, 6.45) is 3.94. The number of ether oxygens (including phenoxy) is 1. The van der Waals surface area contributed by atoms with Crippen LogP contribution in [0.25, 0.3) is 0 Å². The molecule has 3 rings (SSSR count). The van der Waals surface area contributed by atoms with Crippen LogP contribution < -0.4 is 10.1 Å². The highest BCUT2D eigenvalue weighted by molar-refractivity contribution is 5.94. The summed E-state index contributed by atoms with van der Waals surface area (Å²) in [5, 5.41) is 2.96. The van der Waals surface area contributed by atoms with Crippen LogP contribution in [0.5, 0.6) is 5.75 Å². The maximum absolute atomic E-state index is 12.7. The molecule has 1 aromatic heterocycles. The average molecular weight is 411 g/mol. The molecule has 0 radical (unpaired) electrons. The molecule has 0 aliphatic carbocycles. The van der Waals surface area contributed by atoms with Crippen molar-refractivity contribution >= 4 is 5.91 Å². The lowest BCUT2D eigenvalue weighted by Gasteiger charge is -2.36. The van der Waals surface area contributed by atoms with Gasteiger partial charge in [0.15, 0.2) is 0 Å². The lowest BCUT2D eigenvalue weighted by atomic mass is 9.92. The van der Waals surface area contributed by atoms with E-state index in [-0.39, 0.29) is 11.3 Å². The van der Waals surface area contributed by atoms with E-state index in [1.54, 1.807) is 13.3 Å². The SMILES string of the molecule is COc1cccc(CNC(=O)c2cnc([C@H]3CCCN(CC(C)(C)C)C3)nc2C)c1. The third-order valence-corrected chi connectivity index (χ3v) is 5.40. The number of nitrogens with one attached hydrogen (secondary N) is 1. The predicted molar refractivity (Wildman–Crippen MR) is 119 cm³/mol. The number of aromatic nitrogens is 2. The van der Waals surface area contributed by atoms with Gasteiger partial charge in [0.1, 0.15) is 11.6 Å². The molecule has 1 amide bonds. The largest absolute Gasteiger partial charge is 0.497 e. The number of benzene rings is 1. The van der Waals surface area contributed by atoms with Gasteiger partial charge < -0.3 is 15.0 Å². The van der Waals surface area contributed by atoms with Crippen LogP contribution in [-0.2, 0) is 6.54 Å². The summed E-state index contributed by atoms with van der Waals surface area (Å²) < 4.78 is 5.23. The van der Waals surface area contributed by atoms with E-state index in [0.717, 1.165) is 55.3 Å². The van der Waals surface area contributed by atoms with Crippen LogP contribution in [-0.4, -0.2) is 47.5 Å². The molecule has 0 unspecified atom stereocenters. The molecule has 1 aliphatic heterocycles. The van der Waals surface area contributed by atoms with Crippen LogP contribution in [0.3, 0.4) is 0 Å². The van der Waals surface area contributed by atoms with Crippen LogP contribution >= 0.6 is 0 Å². The van der Waals surface area contributed by atoms with Crippen molar-refractivity contribution in [3.8, 4) is 5.75 Å². The Hall–Kier alpha value is -2.47. The maximum Gasteiger partial charge on any atom is 0.254 e. The van der Waals surface area contributed by atoms with Crippen LogP contribution in [0.4, 0.5) is 0 Å². The van der Waals surface area contributed by atoms with Gasteiger partial charge >= 0.3 is 0 Å². The Morgan fingerprint density at radius 2 is 2.13 bits per heavy atom. The fourth-order valence-electron chi connectivity index (χ4n) is 4.05. The van der Waals surface area contributed by atoms with Crippen LogP contribution in [0.2, 0.25) is 0 Å². The van der Waals surface area contributed by atoms with Crippen molar-refractivity contribution in [1.29, 1.82) is 0 Å². The number of carbonyl (C=O) groups excluding carboxylic acids is 1. The third-order valence-electron chi connectivity index (χ3n) is 5.40. The third kappa shape index (κ3) is 6.02. The normalized spacial score (nSPS) is 17.6. The summed E-state index contributed by atoms with van der Waals surface area (Å²) in [6.45, 7) is 12.3. The van der Waals surface area contributed by atoms with E-state index < -0.39 is 0 Å². The number of likely N-dealkylation sites (tertiary alicyclic amines) is 1. The second kappa shape index (κ2) is 9.56. The molecule has 0 saturated carbocycles. The molecule has 1 N–H and O–H groups in total. The number of methoxy groups -OCH3 is 1. The van der Waals surface area contributed by atoms with Crippen molar-refractivity contribution in [2.75, 3.05) is 26.7 Å². The first kappa shape index (κ1) is 22.2. The van der Waals surface area contributed by atoms with E-state index in [4.69, 9.17) is 9.72 Å². The van der Waals surface area contributed by atoms with Gasteiger partial charge in [-0.05, 0) is 49.4 Å². The molecule has 0 bridgehead atoms. The number of hydrogen-bond donors (Lipinski definition) is 1. The quantitative estimate of drug-likeness (QED) is 0.781. The molecule has 30 heavy (non-hydrogen) atoms. The van der Waals surface area contributed by atoms with Gasteiger partial charge in [-0.15, -0.1) is 0 Å². The Balaban J connectivity index is 1.63. The number of carbonyl (C=O) groups is 1. The zero-order valence-electron chi connectivity index (χ0n) is 18.9. The predicted octanol–water partition coefficient (Wildman–Crippen LogP) is 3.95. The van der Waals surface area contributed by atoms with Gasteiger partial charge in [-0.25, -0.2) is 9.97 Å². The summed E-state index contributed by atoms with van der Waals surface area (Å²) in [4.78, 5) is 24.5. The van der Waals surface area contributed by atoms with E-state index >= 15 is 0 Å². The molecular weight excluding hydrogens is 376 g/mol. The van der Waals surface area contributed by atoms with E-state index in [9.17, 15) is 4.79 Å². The summed E-state index contributed by atoms with van der Waals surface area (Å²) >= 11 is 0. The number of rotatable bonds is 6. The number of nitrogens with zero attached hydrogens (tertiary/aromatic N) is 3. The summed E-state index contributed by atoms with van der Waals surface area (Å²) in [6, 6.07) is 7.67. The van der Waals surface area contributed by atoms with Gasteiger partial charge in [0.25, 0.3) is 5.91 Å². The first-order valence-electron chi connectivity index (χ1n) is 10.7. The van der Waals surface area contributed by atoms with Crippen molar-refractivity contribution in [2.45, 2.75) is 53.0 Å². The van der Waals surface area contributed by atoms with Crippen molar-refractivity contribution in [3.05, 3.63) is 53.1 Å². The minimum absolute atomic E-state index is 0.153. The monoisotopic (exact) mass is 410 g/mol. The van der Waals surface area contributed by atoms with Crippen LogP contribution in [0.1, 0.15) is 67.0 Å². The zero-order chi connectivity index (χ0) is 21.7. The van der Waals surface area contributed by atoms with Crippen molar-refractivity contribution in [2.24, 2.45) is 5.41 Å². The highest BCUT2D eigenvalue weighted by atomic mass is 16.5. The lowest BCUT2D eigenvalue weighted by molar-refractivity contribution is 0.0949. The summed E-state index contributed by atoms with van der Waals surface area (Å²) in [5.41, 5.74) is 2.53. The maximum atomic E-state index is 12.7. The van der Waals surface area contributed by atoms with Crippen molar-refractivity contribution in [1.82, 2.24) is 20.2 Å². The van der Waals surface area contributed by atoms with E-state index in [1.807, 2.05) is 31.2 Å². The van der Waals surface area contributed by atoms with E-state index in [2.05, 4.69) is 36.0 Å². The molecule has 2 heterocycles. The molecule has 6 nitrogen and oxygen atoms in total. The Kier molecular flexibility index (Phi) is 7.08. The Morgan fingerprint density at radius 3 is 2.83 bits per heavy atom. The molecule has 0 spiro atoms. The fraction of sp³-hybridized carbons (Fsp3) is 0.542. The molecule has 1 aromatic carbocycles. The number of piperidine rings is 1. The minimum atomic E-state index is -0.153. The second-order valence-electron chi connectivity index (χ2n) is 9.40. The summed E-state index contributed by atoms with van der Waals surface area (Å²) in [5.74, 6) is 1.81. The molecule has 6 heteroatoms. The smallest absolute Gasteiger partial charge is 0.254 e. The summed E-state index contributed by atoms with van der Waals surface area (Å²) in [7, 11) is 1.63. The molecule has 162 valence electrons. The van der Waals surface area contributed by atoms with E-state index in [1.165, 1.54) is 0 Å².